The van der Waals surface area contributed by atoms with Crippen LogP contribution in [0.25, 0.3) is 0 Å². The third-order valence-electron chi connectivity index (χ3n) is 0.891. The molecule has 2 heteroatoms. The van der Waals surface area contributed by atoms with Gasteiger partial charge in [0, 0.05) is 0 Å². The fourth-order valence-corrected chi connectivity index (χ4v) is 0.606. The minimum Gasteiger partial charge on any atom is -0.413 e. The Hall–Kier alpha value is -0.500. The maximum absolute atomic E-state index is 4.88. The molecule has 1 aliphatic heterocycles. The molecule has 0 saturated carbocycles. The summed E-state index contributed by atoms with van der Waals surface area (Å²) in [6.45, 7) is 3.97. The quantitative estimate of drug-likeness (QED) is 0.485. The molecule has 0 aliphatic carbocycles. The van der Waals surface area contributed by atoms with Gasteiger partial charge in [-0.15, -0.1) is 0 Å². The summed E-state index contributed by atoms with van der Waals surface area (Å²) in [7, 11) is 0. The predicted octanol–water partition coefficient (Wildman–Crippen LogP) is 0.813. The van der Waals surface area contributed by atoms with Crippen LogP contribution in [0, 0.1) is 0 Å². The van der Waals surface area contributed by atoms with Crippen molar-refractivity contribution in [3.63, 3.8) is 0 Å². The lowest BCUT2D eigenvalue weighted by atomic mass is 10.3. The van der Waals surface area contributed by atoms with E-state index in [1.165, 1.54) is 0 Å². The SMILES string of the molecule is CC1=CC(C)NO1. The van der Waals surface area contributed by atoms with Crippen LogP contribution < -0.4 is 5.48 Å². The van der Waals surface area contributed by atoms with Crippen molar-refractivity contribution in [2.24, 2.45) is 0 Å². The van der Waals surface area contributed by atoms with Gasteiger partial charge in [-0.05, 0) is 19.9 Å². The lowest BCUT2D eigenvalue weighted by Gasteiger charge is -1.96. The predicted molar refractivity (Wildman–Crippen MR) is 27.4 cm³/mol. The van der Waals surface area contributed by atoms with Gasteiger partial charge in [0.1, 0.15) is 5.76 Å². The van der Waals surface area contributed by atoms with Gasteiger partial charge < -0.3 is 4.84 Å². The van der Waals surface area contributed by atoms with E-state index in [4.69, 9.17) is 4.84 Å². The van der Waals surface area contributed by atoms with E-state index in [1.54, 1.807) is 0 Å². The van der Waals surface area contributed by atoms with E-state index in [2.05, 4.69) is 5.48 Å². The van der Waals surface area contributed by atoms with Crippen LogP contribution in [0.2, 0.25) is 0 Å². The lowest BCUT2D eigenvalue weighted by Crippen LogP contribution is -2.15. The first-order chi connectivity index (χ1) is 3.29. The summed E-state index contributed by atoms with van der Waals surface area (Å²) in [5, 5.41) is 0. The molecule has 1 unspecified atom stereocenters. The number of hydrogen-bond acceptors (Lipinski definition) is 2. The van der Waals surface area contributed by atoms with E-state index in [0.717, 1.165) is 5.76 Å². The van der Waals surface area contributed by atoms with Gasteiger partial charge in [-0.3, -0.25) is 0 Å². The van der Waals surface area contributed by atoms with Crippen molar-refractivity contribution in [1.29, 1.82) is 0 Å². The molecule has 1 rings (SSSR count). The van der Waals surface area contributed by atoms with Gasteiger partial charge in [-0.1, -0.05) is 0 Å². The molecule has 0 fully saturated rings. The first-order valence-electron chi connectivity index (χ1n) is 2.40. The molecule has 0 aromatic rings. The van der Waals surface area contributed by atoms with Crippen LogP contribution in [0.5, 0.6) is 0 Å². The van der Waals surface area contributed by atoms with E-state index < -0.39 is 0 Å². The van der Waals surface area contributed by atoms with Crippen molar-refractivity contribution in [2.45, 2.75) is 19.9 Å². The van der Waals surface area contributed by atoms with Gasteiger partial charge in [0.15, 0.2) is 0 Å². The molecular weight excluding hydrogens is 90.1 g/mol. The second kappa shape index (κ2) is 1.54. The molecule has 40 valence electrons. The number of rotatable bonds is 0. The number of nitrogens with one attached hydrogen (secondary N) is 1. The molecule has 7 heavy (non-hydrogen) atoms. The van der Waals surface area contributed by atoms with Gasteiger partial charge in [-0.25, -0.2) is 0 Å². The van der Waals surface area contributed by atoms with Crippen molar-refractivity contribution in [3.8, 4) is 0 Å². The maximum Gasteiger partial charge on any atom is 0.118 e. The molecule has 0 radical (unpaired) electrons. The van der Waals surface area contributed by atoms with Gasteiger partial charge in [-0.2, -0.15) is 5.48 Å². The highest BCUT2D eigenvalue weighted by Crippen LogP contribution is 2.03. The Morgan fingerprint density at radius 1 is 1.86 bits per heavy atom. The molecule has 1 N–H and O–H groups in total. The van der Waals surface area contributed by atoms with E-state index in [9.17, 15) is 0 Å². The van der Waals surface area contributed by atoms with E-state index in [-0.39, 0.29) is 0 Å². The molecule has 0 amide bonds. The first-order valence-corrected chi connectivity index (χ1v) is 2.40. The highest BCUT2D eigenvalue weighted by molar-refractivity contribution is 4.98. The Kier molecular flexibility index (Phi) is 1.02. The van der Waals surface area contributed by atoms with Crippen LogP contribution in [0.4, 0.5) is 0 Å². The molecular formula is C5H9NO. The molecule has 0 bridgehead atoms. The highest BCUT2D eigenvalue weighted by Gasteiger charge is 2.05. The monoisotopic (exact) mass is 99.1 g/mol. The van der Waals surface area contributed by atoms with Crippen molar-refractivity contribution < 1.29 is 4.84 Å². The minimum absolute atomic E-state index is 0.389. The molecule has 0 aromatic heterocycles. The van der Waals surface area contributed by atoms with Crippen molar-refractivity contribution in [2.75, 3.05) is 0 Å². The van der Waals surface area contributed by atoms with Gasteiger partial charge in [0.2, 0.25) is 0 Å². The topological polar surface area (TPSA) is 21.3 Å². The summed E-state index contributed by atoms with van der Waals surface area (Å²) in [5.74, 6) is 0.965. The lowest BCUT2D eigenvalue weighted by molar-refractivity contribution is 0.121. The average molecular weight is 99.1 g/mol. The minimum atomic E-state index is 0.389. The van der Waals surface area contributed by atoms with E-state index in [1.807, 2.05) is 19.9 Å². The Bertz CT molecular complexity index is 98.3. The normalized spacial score (nSPS) is 29.4. The van der Waals surface area contributed by atoms with Gasteiger partial charge in [0.25, 0.3) is 0 Å². The highest BCUT2D eigenvalue weighted by atomic mass is 16.7. The van der Waals surface area contributed by atoms with Gasteiger partial charge >= 0.3 is 0 Å². The number of allylic oxidation sites excluding steroid dienone is 1. The molecule has 0 spiro atoms. The summed E-state index contributed by atoms with van der Waals surface area (Å²) in [4.78, 5) is 4.88. The summed E-state index contributed by atoms with van der Waals surface area (Å²) < 4.78 is 0. The summed E-state index contributed by atoms with van der Waals surface area (Å²) in [6, 6.07) is 0.389. The van der Waals surface area contributed by atoms with Crippen LogP contribution in [0.1, 0.15) is 13.8 Å². The van der Waals surface area contributed by atoms with Crippen LogP contribution in [0.15, 0.2) is 11.8 Å². The number of hydrogen-bond donors (Lipinski definition) is 1. The Labute approximate surface area is 43.1 Å². The molecule has 1 atom stereocenters. The van der Waals surface area contributed by atoms with E-state index in [0.29, 0.717) is 6.04 Å². The second-order valence-corrected chi connectivity index (χ2v) is 1.79. The summed E-state index contributed by atoms with van der Waals surface area (Å²) >= 11 is 0. The van der Waals surface area contributed by atoms with Crippen molar-refractivity contribution in [1.82, 2.24) is 5.48 Å². The van der Waals surface area contributed by atoms with Crippen molar-refractivity contribution in [3.05, 3.63) is 11.8 Å². The average Bonchev–Trinajstić information content (AvgIpc) is 1.87. The molecule has 1 aliphatic rings. The number of hydroxylamine groups is 1. The van der Waals surface area contributed by atoms with Crippen LogP contribution in [-0.4, -0.2) is 6.04 Å². The Morgan fingerprint density at radius 3 is 2.71 bits per heavy atom. The van der Waals surface area contributed by atoms with Gasteiger partial charge in [0.05, 0.1) is 6.04 Å². The maximum atomic E-state index is 4.88. The third-order valence-corrected chi connectivity index (χ3v) is 0.891. The summed E-state index contributed by atoms with van der Waals surface area (Å²) in [6.07, 6.45) is 2.03. The first kappa shape index (κ1) is 4.65. The Morgan fingerprint density at radius 2 is 2.57 bits per heavy atom. The zero-order chi connectivity index (χ0) is 5.28. The van der Waals surface area contributed by atoms with Crippen LogP contribution >= 0.6 is 0 Å². The fourth-order valence-electron chi connectivity index (χ4n) is 0.606. The van der Waals surface area contributed by atoms with Crippen LogP contribution in [0.3, 0.4) is 0 Å². The molecule has 1 heterocycles. The molecule has 2 nitrogen and oxygen atoms in total. The van der Waals surface area contributed by atoms with Crippen molar-refractivity contribution >= 4 is 0 Å². The second-order valence-electron chi connectivity index (χ2n) is 1.79. The smallest absolute Gasteiger partial charge is 0.118 e. The largest absolute Gasteiger partial charge is 0.413 e. The third kappa shape index (κ3) is 0.933. The molecule has 0 aromatic carbocycles. The standard InChI is InChI=1S/C5H9NO/c1-4-3-5(2)7-6-4/h3-4,6H,1-2H3. The summed E-state index contributed by atoms with van der Waals surface area (Å²) in [5.41, 5.74) is 2.78. The zero-order valence-corrected chi connectivity index (χ0v) is 4.56. The Balaban J connectivity index is 2.50. The fraction of sp³-hybridized carbons (Fsp3) is 0.600. The molecule has 0 saturated heterocycles. The van der Waals surface area contributed by atoms with E-state index >= 15 is 0 Å². The zero-order valence-electron chi connectivity index (χ0n) is 4.56. The van der Waals surface area contributed by atoms with Crippen LogP contribution in [-0.2, 0) is 4.84 Å².